The van der Waals surface area contributed by atoms with Crippen LogP contribution < -0.4 is 21.3 Å². The number of aromatic nitrogens is 3. The Labute approximate surface area is 291 Å². The first-order valence-electron chi connectivity index (χ1n) is 17.0. The number of rotatable bonds is 5. The van der Waals surface area contributed by atoms with Gasteiger partial charge in [0.1, 0.15) is 18.1 Å². The van der Waals surface area contributed by atoms with E-state index in [2.05, 4.69) is 31.3 Å². The van der Waals surface area contributed by atoms with Crippen molar-refractivity contribution in [3.05, 3.63) is 102 Å². The average Bonchev–Trinajstić information content (AvgIpc) is 3.54. The second-order valence-corrected chi connectivity index (χ2v) is 13.0. The molecule has 13 heteroatoms. The second kappa shape index (κ2) is 16.7. The number of fused-ring (bicyclic) bond motifs is 19. The molecule has 2 bridgehead atoms. The minimum atomic E-state index is -0.991. The third-order valence-corrected chi connectivity index (χ3v) is 8.48. The molecule has 2 aromatic heterocycles. The lowest BCUT2D eigenvalue weighted by molar-refractivity contribution is -0.132. The Balaban J connectivity index is 1.41. The molecule has 3 atom stereocenters. The van der Waals surface area contributed by atoms with Crippen LogP contribution in [0.4, 0.5) is 0 Å². The number of nitrogens with zero attached hydrogens (tertiary/aromatic N) is 4. The van der Waals surface area contributed by atoms with Crippen LogP contribution in [0.3, 0.4) is 0 Å². The fourth-order valence-corrected chi connectivity index (χ4v) is 5.78. The van der Waals surface area contributed by atoms with Crippen LogP contribution >= 0.6 is 0 Å². The minimum Gasteiger partial charge on any atom is -0.354 e. The van der Waals surface area contributed by atoms with Crippen molar-refractivity contribution in [1.29, 1.82) is 0 Å². The summed E-state index contributed by atoms with van der Waals surface area (Å²) in [5.74, 6) is -2.05. The third kappa shape index (κ3) is 9.52. The molecular formula is C37H44N8O5. The quantitative estimate of drug-likeness (QED) is 0.235. The standard InChI is InChI=1S/C37H44N8O5/c1-24(2)20-29-35(48)40-25(3)33(46)39-16-7-8-18-44(37(50)31-22-32-38-17-9-19-45(32)43-31)23-27-12-14-28(15-13-27)34(47)41-30(36(49)42-29)21-26-10-5-4-6-11-26/h4-6,9-15,17,19,22,24-25,29-30H,7-8,16,18,20-21,23H2,1-3H3,(H,39,46)(H,40,48)(H,41,47)(H,42,49)/t25-,29+,30-/m1/s1. The van der Waals surface area contributed by atoms with Gasteiger partial charge in [-0.2, -0.15) is 5.10 Å². The lowest BCUT2D eigenvalue weighted by Crippen LogP contribution is -2.57. The Hall–Kier alpha value is -5.59. The molecule has 0 saturated heterocycles. The van der Waals surface area contributed by atoms with Crippen molar-refractivity contribution in [2.24, 2.45) is 5.92 Å². The molecule has 0 radical (unpaired) electrons. The number of nitrogens with one attached hydrogen (secondary N) is 4. The van der Waals surface area contributed by atoms with Crippen LogP contribution in [-0.2, 0) is 27.3 Å². The van der Waals surface area contributed by atoms with Gasteiger partial charge in [-0.05, 0) is 61.4 Å². The molecule has 262 valence electrons. The molecule has 4 heterocycles. The molecule has 4 aromatic rings. The van der Waals surface area contributed by atoms with E-state index in [1.807, 2.05) is 44.2 Å². The molecule has 0 spiro atoms. The van der Waals surface area contributed by atoms with Gasteiger partial charge in [-0.15, -0.1) is 0 Å². The van der Waals surface area contributed by atoms with Crippen LogP contribution in [0.1, 0.15) is 72.0 Å². The highest BCUT2D eigenvalue weighted by molar-refractivity contribution is 5.99. The van der Waals surface area contributed by atoms with Crippen LogP contribution in [0.25, 0.3) is 5.65 Å². The maximum absolute atomic E-state index is 13.8. The Morgan fingerprint density at radius 1 is 0.880 bits per heavy atom. The fraction of sp³-hybridized carbons (Fsp3) is 0.378. The van der Waals surface area contributed by atoms with Crippen molar-refractivity contribution >= 4 is 35.2 Å². The van der Waals surface area contributed by atoms with E-state index < -0.39 is 35.8 Å². The molecule has 6 rings (SSSR count). The van der Waals surface area contributed by atoms with Crippen molar-refractivity contribution in [3.63, 3.8) is 0 Å². The second-order valence-electron chi connectivity index (χ2n) is 13.0. The highest BCUT2D eigenvalue weighted by Crippen LogP contribution is 2.15. The van der Waals surface area contributed by atoms with Crippen molar-refractivity contribution in [2.75, 3.05) is 13.1 Å². The van der Waals surface area contributed by atoms with Gasteiger partial charge in [0.05, 0.1) is 0 Å². The third-order valence-electron chi connectivity index (χ3n) is 8.48. The average molecular weight is 681 g/mol. The summed E-state index contributed by atoms with van der Waals surface area (Å²) in [6, 6.07) is 16.8. The molecule has 0 fully saturated rings. The lowest BCUT2D eigenvalue weighted by Gasteiger charge is -2.25. The van der Waals surface area contributed by atoms with E-state index >= 15 is 0 Å². The van der Waals surface area contributed by atoms with E-state index in [4.69, 9.17) is 0 Å². The molecule has 0 saturated carbocycles. The molecule has 0 aliphatic carbocycles. The normalized spacial score (nSPS) is 20.1. The van der Waals surface area contributed by atoms with Gasteiger partial charge < -0.3 is 26.2 Å². The maximum Gasteiger partial charge on any atom is 0.274 e. The molecule has 13 nitrogen and oxygen atoms in total. The van der Waals surface area contributed by atoms with Gasteiger partial charge in [-0.3, -0.25) is 24.0 Å². The van der Waals surface area contributed by atoms with Gasteiger partial charge in [-0.1, -0.05) is 56.3 Å². The van der Waals surface area contributed by atoms with Crippen molar-refractivity contribution in [2.45, 2.75) is 71.1 Å². The van der Waals surface area contributed by atoms with Crippen LogP contribution in [-0.4, -0.2) is 80.2 Å². The van der Waals surface area contributed by atoms with E-state index in [1.54, 1.807) is 65.1 Å². The SMILES string of the molecule is CC(C)C[C@@H]1NC(=O)[C@@H](Cc2ccccc2)NC(=O)c2ccc(cc2)CN(C(=O)c2cc3ncccn3n2)CCCCNC(=O)[C@@H](C)NC1=O. The zero-order valence-corrected chi connectivity index (χ0v) is 28.6. The van der Waals surface area contributed by atoms with E-state index in [1.165, 1.54) is 0 Å². The van der Waals surface area contributed by atoms with E-state index in [-0.39, 0.29) is 36.4 Å². The molecule has 2 aromatic carbocycles. The summed E-state index contributed by atoms with van der Waals surface area (Å²) in [5.41, 5.74) is 2.76. The molecule has 4 N–H and O–H groups in total. The van der Waals surface area contributed by atoms with Gasteiger partial charge in [0.15, 0.2) is 11.3 Å². The number of carbonyl (C=O) groups is 5. The highest BCUT2D eigenvalue weighted by Gasteiger charge is 2.30. The number of hydrogen-bond donors (Lipinski definition) is 4. The van der Waals surface area contributed by atoms with Gasteiger partial charge in [-0.25, -0.2) is 9.50 Å². The highest BCUT2D eigenvalue weighted by atomic mass is 16.2. The lowest BCUT2D eigenvalue weighted by atomic mass is 10.0. The summed E-state index contributed by atoms with van der Waals surface area (Å²) in [7, 11) is 0. The van der Waals surface area contributed by atoms with Crippen LogP contribution in [0.2, 0.25) is 0 Å². The molecule has 50 heavy (non-hydrogen) atoms. The van der Waals surface area contributed by atoms with Crippen LogP contribution in [0.5, 0.6) is 0 Å². The van der Waals surface area contributed by atoms with Crippen LogP contribution in [0, 0.1) is 5.92 Å². The first kappa shape index (κ1) is 35.7. The monoisotopic (exact) mass is 680 g/mol. The number of amides is 5. The Morgan fingerprint density at radius 2 is 1.62 bits per heavy atom. The van der Waals surface area contributed by atoms with Crippen molar-refractivity contribution in [1.82, 2.24) is 40.8 Å². The van der Waals surface area contributed by atoms with Gasteiger partial charge in [0, 0.05) is 50.1 Å². The smallest absolute Gasteiger partial charge is 0.274 e. The van der Waals surface area contributed by atoms with Crippen molar-refractivity contribution < 1.29 is 24.0 Å². The molecule has 2 aliphatic heterocycles. The number of carbonyl (C=O) groups excluding carboxylic acids is 5. The topological polar surface area (TPSA) is 167 Å². The van der Waals surface area contributed by atoms with Crippen molar-refractivity contribution in [3.8, 4) is 0 Å². The Bertz CT molecular complexity index is 1770. The first-order chi connectivity index (χ1) is 24.1. The summed E-state index contributed by atoms with van der Waals surface area (Å²) < 4.78 is 1.54. The summed E-state index contributed by atoms with van der Waals surface area (Å²) in [5, 5.41) is 15.7. The minimum absolute atomic E-state index is 0.0566. The summed E-state index contributed by atoms with van der Waals surface area (Å²) in [6.45, 7) is 6.44. The van der Waals surface area contributed by atoms with E-state index in [0.29, 0.717) is 43.6 Å². The molecule has 5 amide bonds. The largest absolute Gasteiger partial charge is 0.354 e. The molecule has 0 unspecified atom stereocenters. The van der Waals surface area contributed by atoms with Gasteiger partial charge in [0.25, 0.3) is 11.8 Å². The van der Waals surface area contributed by atoms with E-state index in [9.17, 15) is 24.0 Å². The summed E-state index contributed by atoms with van der Waals surface area (Å²) in [6.07, 6.45) is 5.05. The van der Waals surface area contributed by atoms with Crippen LogP contribution in [0.15, 0.2) is 79.1 Å². The zero-order valence-electron chi connectivity index (χ0n) is 28.6. The molecular weight excluding hydrogens is 636 g/mol. The fourth-order valence-electron chi connectivity index (χ4n) is 5.78. The maximum atomic E-state index is 13.8. The van der Waals surface area contributed by atoms with Gasteiger partial charge >= 0.3 is 0 Å². The van der Waals surface area contributed by atoms with E-state index in [0.717, 1.165) is 11.1 Å². The Kier molecular flexibility index (Phi) is 11.9. The Morgan fingerprint density at radius 3 is 2.34 bits per heavy atom. The predicted octanol–water partition coefficient (Wildman–Crippen LogP) is 2.66. The number of benzene rings is 2. The summed E-state index contributed by atoms with van der Waals surface area (Å²) in [4.78, 5) is 73.3. The van der Waals surface area contributed by atoms with Gasteiger partial charge in [0.2, 0.25) is 17.7 Å². The number of hydrogen-bond acceptors (Lipinski definition) is 7. The zero-order chi connectivity index (χ0) is 35.6. The first-order valence-corrected chi connectivity index (χ1v) is 17.0. The summed E-state index contributed by atoms with van der Waals surface area (Å²) >= 11 is 0. The predicted molar refractivity (Wildman–Crippen MR) is 187 cm³/mol. The molecule has 2 aliphatic rings.